The Morgan fingerprint density at radius 2 is 2.13 bits per heavy atom. The van der Waals surface area contributed by atoms with E-state index in [0.29, 0.717) is 0 Å². The van der Waals surface area contributed by atoms with E-state index in [1.165, 1.54) is 0 Å². The first-order valence-corrected chi connectivity index (χ1v) is 5.79. The number of amides is 1. The highest BCUT2D eigenvalue weighted by atomic mass is 16.3. The molecule has 2 N–H and O–H groups in total. The number of hydrogen-bond donors (Lipinski definition) is 2. The number of piperidine rings is 1. The van der Waals surface area contributed by atoms with Crippen molar-refractivity contribution in [1.29, 1.82) is 0 Å². The van der Waals surface area contributed by atoms with Crippen LogP contribution in [0.2, 0.25) is 0 Å². The van der Waals surface area contributed by atoms with Crippen molar-refractivity contribution in [1.82, 2.24) is 10.2 Å². The Hall–Kier alpha value is -0.610. The van der Waals surface area contributed by atoms with Crippen molar-refractivity contribution in [3.05, 3.63) is 0 Å². The summed E-state index contributed by atoms with van der Waals surface area (Å²) < 4.78 is 0. The first kappa shape index (κ1) is 12.5. The fourth-order valence-electron chi connectivity index (χ4n) is 2.01. The van der Waals surface area contributed by atoms with Crippen LogP contribution < -0.4 is 5.32 Å². The molecule has 0 radical (unpaired) electrons. The van der Waals surface area contributed by atoms with Gasteiger partial charge in [0.1, 0.15) is 0 Å². The van der Waals surface area contributed by atoms with Crippen LogP contribution in [-0.2, 0) is 4.79 Å². The molecule has 88 valence electrons. The standard InChI is InChI=1S/C11H22N2O2/c1-3-10(14)8-13-6-4-9(5-7-13)11(15)12-2/h9-10,14H,3-8H2,1-2H3,(H,12,15). The minimum Gasteiger partial charge on any atom is -0.392 e. The van der Waals surface area contributed by atoms with Gasteiger partial charge in [-0.25, -0.2) is 0 Å². The van der Waals surface area contributed by atoms with Crippen LogP contribution in [0.3, 0.4) is 0 Å². The quantitative estimate of drug-likeness (QED) is 0.703. The van der Waals surface area contributed by atoms with Crippen molar-refractivity contribution in [3.8, 4) is 0 Å². The number of rotatable bonds is 4. The van der Waals surface area contributed by atoms with Gasteiger partial charge in [0.05, 0.1) is 6.10 Å². The van der Waals surface area contributed by atoms with Gasteiger partial charge >= 0.3 is 0 Å². The minimum absolute atomic E-state index is 0.158. The molecular weight excluding hydrogens is 192 g/mol. The molecule has 0 saturated carbocycles. The Labute approximate surface area is 91.6 Å². The molecule has 1 unspecified atom stereocenters. The molecule has 0 spiro atoms. The number of hydrogen-bond acceptors (Lipinski definition) is 3. The van der Waals surface area contributed by atoms with Gasteiger partial charge in [0.15, 0.2) is 0 Å². The highest BCUT2D eigenvalue weighted by Gasteiger charge is 2.24. The second-order valence-corrected chi connectivity index (χ2v) is 4.25. The van der Waals surface area contributed by atoms with Gasteiger partial charge < -0.3 is 15.3 Å². The van der Waals surface area contributed by atoms with E-state index in [0.717, 1.165) is 38.9 Å². The topological polar surface area (TPSA) is 52.6 Å². The van der Waals surface area contributed by atoms with Gasteiger partial charge in [-0.1, -0.05) is 6.92 Å². The lowest BCUT2D eigenvalue weighted by Gasteiger charge is -2.32. The number of carbonyl (C=O) groups is 1. The zero-order valence-electron chi connectivity index (χ0n) is 9.70. The summed E-state index contributed by atoms with van der Waals surface area (Å²) in [4.78, 5) is 13.6. The number of nitrogens with one attached hydrogen (secondary N) is 1. The first-order valence-electron chi connectivity index (χ1n) is 5.79. The van der Waals surface area contributed by atoms with Gasteiger partial charge in [-0.2, -0.15) is 0 Å². The van der Waals surface area contributed by atoms with E-state index < -0.39 is 0 Å². The summed E-state index contributed by atoms with van der Waals surface area (Å²) in [7, 11) is 1.69. The van der Waals surface area contributed by atoms with Crippen molar-refractivity contribution in [2.45, 2.75) is 32.3 Å². The predicted octanol–water partition coefficient (Wildman–Crippen LogP) is 0.215. The Morgan fingerprint density at radius 1 is 1.53 bits per heavy atom. The van der Waals surface area contributed by atoms with E-state index in [-0.39, 0.29) is 17.9 Å². The van der Waals surface area contributed by atoms with E-state index in [1.54, 1.807) is 7.05 Å². The molecule has 15 heavy (non-hydrogen) atoms. The molecule has 0 bridgehead atoms. The van der Waals surface area contributed by atoms with E-state index in [4.69, 9.17) is 0 Å². The largest absolute Gasteiger partial charge is 0.392 e. The fourth-order valence-corrected chi connectivity index (χ4v) is 2.01. The lowest BCUT2D eigenvalue weighted by Crippen LogP contribution is -2.42. The second-order valence-electron chi connectivity index (χ2n) is 4.25. The van der Waals surface area contributed by atoms with Crippen molar-refractivity contribution in [2.75, 3.05) is 26.7 Å². The van der Waals surface area contributed by atoms with E-state index in [9.17, 15) is 9.90 Å². The molecule has 4 nitrogen and oxygen atoms in total. The summed E-state index contributed by atoms with van der Waals surface area (Å²) >= 11 is 0. The smallest absolute Gasteiger partial charge is 0.222 e. The summed E-state index contributed by atoms with van der Waals surface area (Å²) in [5, 5.41) is 12.2. The molecule has 0 aromatic carbocycles. The van der Waals surface area contributed by atoms with Crippen LogP contribution in [0.4, 0.5) is 0 Å². The Bertz CT molecular complexity index is 201. The average Bonchev–Trinajstić information content (AvgIpc) is 2.29. The van der Waals surface area contributed by atoms with E-state index in [2.05, 4.69) is 10.2 Å². The summed E-state index contributed by atoms with van der Waals surface area (Å²) in [6, 6.07) is 0. The van der Waals surface area contributed by atoms with Crippen LogP contribution in [0.1, 0.15) is 26.2 Å². The van der Waals surface area contributed by atoms with Crippen LogP contribution in [0.15, 0.2) is 0 Å². The molecule has 1 saturated heterocycles. The molecule has 1 rings (SSSR count). The van der Waals surface area contributed by atoms with E-state index >= 15 is 0 Å². The highest BCUT2D eigenvalue weighted by molar-refractivity contribution is 5.78. The summed E-state index contributed by atoms with van der Waals surface area (Å²) in [6.45, 7) is 4.59. The number of aliphatic hydroxyl groups is 1. The monoisotopic (exact) mass is 214 g/mol. The van der Waals surface area contributed by atoms with Crippen molar-refractivity contribution >= 4 is 5.91 Å². The number of β-amino-alcohol motifs (C(OH)–C–C–N with tert-alkyl or cyclic N) is 1. The van der Waals surface area contributed by atoms with Crippen LogP contribution in [0.5, 0.6) is 0 Å². The van der Waals surface area contributed by atoms with Crippen LogP contribution in [0, 0.1) is 5.92 Å². The molecule has 1 amide bonds. The average molecular weight is 214 g/mol. The van der Waals surface area contributed by atoms with Gasteiger partial charge in [-0.05, 0) is 32.4 Å². The van der Waals surface area contributed by atoms with Gasteiger partial charge in [0, 0.05) is 19.5 Å². The third kappa shape index (κ3) is 3.80. The summed E-state index contributed by atoms with van der Waals surface area (Å²) in [6.07, 6.45) is 2.41. The lowest BCUT2D eigenvalue weighted by molar-refractivity contribution is -0.126. The molecule has 1 fully saturated rings. The van der Waals surface area contributed by atoms with Crippen LogP contribution in [-0.4, -0.2) is 48.7 Å². The number of likely N-dealkylation sites (tertiary alicyclic amines) is 1. The minimum atomic E-state index is -0.221. The molecule has 0 aromatic rings. The number of aliphatic hydroxyl groups excluding tert-OH is 1. The normalized spacial score (nSPS) is 21.3. The van der Waals surface area contributed by atoms with E-state index in [1.807, 2.05) is 6.92 Å². The van der Waals surface area contributed by atoms with Crippen molar-refractivity contribution < 1.29 is 9.90 Å². The maximum absolute atomic E-state index is 11.4. The third-order valence-electron chi connectivity index (χ3n) is 3.14. The Morgan fingerprint density at radius 3 is 2.60 bits per heavy atom. The fraction of sp³-hybridized carbons (Fsp3) is 0.909. The SMILES string of the molecule is CCC(O)CN1CCC(C(=O)NC)CC1. The second kappa shape index (κ2) is 6.08. The lowest BCUT2D eigenvalue weighted by atomic mass is 9.96. The molecule has 1 atom stereocenters. The van der Waals surface area contributed by atoms with Gasteiger partial charge in [0.25, 0.3) is 0 Å². The van der Waals surface area contributed by atoms with Crippen molar-refractivity contribution in [3.63, 3.8) is 0 Å². The molecule has 0 aliphatic carbocycles. The maximum Gasteiger partial charge on any atom is 0.222 e. The Kier molecular flexibility index (Phi) is 5.05. The molecule has 0 aromatic heterocycles. The molecule has 1 aliphatic rings. The number of carbonyl (C=O) groups excluding carboxylic acids is 1. The van der Waals surface area contributed by atoms with Crippen LogP contribution in [0.25, 0.3) is 0 Å². The van der Waals surface area contributed by atoms with Gasteiger partial charge in [-0.3, -0.25) is 4.79 Å². The molecule has 1 heterocycles. The van der Waals surface area contributed by atoms with Gasteiger partial charge in [-0.15, -0.1) is 0 Å². The maximum atomic E-state index is 11.4. The first-order chi connectivity index (χ1) is 7.17. The zero-order chi connectivity index (χ0) is 11.3. The van der Waals surface area contributed by atoms with Gasteiger partial charge in [0.2, 0.25) is 5.91 Å². The number of nitrogens with zero attached hydrogens (tertiary/aromatic N) is 1. The molecule has 1 aliphatic heterocycles. The zero-order valence-corrected chi connectivity index (χ0v) is 9.70. The summed E-state index contributed by atoms with van der Waals surface area (Å²) in [5.74, 6) is 0.329. The third-order valence-corrected chi connectivity index (χ3v) is 3.14. The Balaban J connectivity index is 2.26. The molecule has 4 heteroatoms. The summed E-state index contributed by atoms with van der Waals surface area (Å²) in [5.41, 5.74) is 0. The highest BCUT2D eigenvalue weighted by Crippen LogP contribution is 2.17. The van der Waals surface area contributed by atoms with Crippen molar-refractivity contribution in [2.24, 2.45) is 5.92 Å². The van der Waals surface area contributed by atoms with Crippen LogP contribution >= 0.6 is 0 Å². The molecular formula is C11H22N2O2. The predicted molar refractivity (Wildman–Crippen MR) is 59.5 cm³/mol.